The average Bonchev–Trinajstić information content (AvgIpc) is 3.02. The van der Waals surface area contributed by atoms with Crippen LogP contribution in [0.1, 0.15) is 6.92 Å². The van der Waals surface area contributed by atoms with Gasteiger partial charge in [-0.15, -0.1) is 10.2 Å². The van der Waals surface area contributed by atoms with Gasteiger partial charge in [0, 0.05) is 46.8 Å². The maximum Gasteiger partial charge on any atom is 0.230 e. The average molecular weight is 359 g/mol. The van der Waals surface area contributed by atoms with Crippen LogP contribution < -0.4 is 10.2 Å². The summed E-state index contributed by atoms with van der Waals surface area (Å²) in [4.78, 5) is 26.9. The van der Waals surface area contributed by atoms with Crippen LogP contribution in [-0.4, -0.2) is 79.1 Å². The Morgan fingerprint density at radius 2 is 2.04 bits per heavy atom. The molecule has 23 heavy (non-hydrogen) atoms. The van der Waals surface area contributed by atoms with Gasteiger partial charge in [-0.25, -0.2) is 0 Å². The topological polar surface area (TPSA) is 87.7 Å². The summed E-state index contributed by atoms with van der Waals surface area (Å²) in [5.74, 6) is 0.382. The second kappa shape index (κ2) is 9.04. The Kier molecular flexibility index (Phi) is 7.06. The molecule has 0 unspecified atom stereocenters. The summed E-state index contributed by atoms with van der Waals surface area (Å²) in [5, 5.41) is 11.9. The molecule has 0 saturated carbocycles. The van der Waals surface area contributed by atoms with Gasteiger partial charge in [-0.3, -0.25) is 9.59 Å². The smallest absolute Gasteiger partial charge is 0.230 e. The molecule has 2 rings (SSSR count). The lowest BCUT2D eigenvalue weighted by atomic mass is 10.3. The number of piperazine rings is 1. The third-order valence-electron chi connectivity index (χ3n) is 3.35. The van der Waals surface area contributed by atoms with Gasteiger partial charge >= 0.3 is 0 Å². The first-order chi connectivity index (χ1) is 11.1. The van der Waals surface area contributed by atoms with Gasteiger partial charge in [0.1, 0.15) is 0 Å². The number of hydrogen-bond donors (Lipinski definition) is 1. The summed E-state index contributed by atoms with van der Waals surface area (Å²) in [6.45, 7) is 5.54. The third kappa shape index (κ3) is 5.63. The minimum absolute atomic E-state index is 0.0427. The maximum atomic E-state index is 11.6. The summed E-state index contributed by atoms with van der Waals surface area (Å²) in [5.41, 5.74) is 0. The van der Waals surface area contributed by atoms with Crippen LogP contribution in [0.5, 0.6) is 0 Å². The highest BCUT2D eigenvalue weighted by Crippen LogP contribution is 2.28. The first-order valence-corrected chi connectivity index (χ1v) is 9.12. The molecule has 0 radical (unpaired) electrons. The van der Waals surface area contributed by atoms with Crippen molar-refractivity contribution >= 4 is 40.0 Å². The molecule has 1 N–H and O–H groups in total. The van der Waals surface area contributed by atoms with E-state index in [0.717, 1.165) is 22.6 Å². The summed E-state index contributed by atoms with van der Waals surface area (Å²) < 4.78 is 5.65. The first-order valence-electron chi connectivity index (χ1n) is 7.32. The van der Waals surface area contributed by atoms with Crippen LogP contribution in [0.25, 0.3) is 0 Å². The number of carbonyl (C=O) groups is 2. The molecule has 1 aliphatic heterocycles. The van der Waals surface area contributed by atoms with E-state index < -0.39 is 0 Å². The molecule has 0 spiro atoms. The molecule has 1 aromatic rings. The highest BCUT2D eigenvalue weighted by Gasteiger charge is 2.21. The Labute approximate surface area is 143 Å². The van der Waals surface area contributed by atoms with Gasteiger partial charge in [0.15, 0.2) is 4.34 Å². The predicted octanol–water partition coefficient (Wildman–Crippen LogP) is 0.0613. The van der Waals surface area contributed by atoms with E-state index in [1.54, 1.807) is 14.0 Å². The van der Waals surface area contributed by atoms with Crippen LogP contribution in [0.2, 0.25) is 0 Å². The van der Waals surface area contributed by atoms with Crippen molar-refractivity contribution < 1.29 is 14.3 Å². The van der Waals surface area contributed by atoms with Crippen LogP contribution in [-0.2, 0) is 14.3 Å². The van der Waals surface area contributed by atoms with E-state index in [4.69, 9.17) is 4.74 Å². The largest absolute Gasteiger partial charge is 0.383 e. The normalized spacial score (nSPS) is 14.9. The van der Waals surface area contributed by atoms with Crippen LogP contribution in [0.15, 0.2) is 4.34 Å². The summed E-state index contributed by atoms with van der Waals surface area (Å²) in [6, 6.07) is 0. The third-order valence-corrected chi connectivity index (χ3v) is 5.46. The fourth-order valence-corrected chi connectivity index (χ4v) is 3.79. The van der Waals surface area contributed by atoms with Crippen LogP contribution in [0, 0.1) is 0 Å². The highest BCUT2D eigenvalue weighted by atomic mass is 32.2. The minimum atomic E-state index is -0.0427. The van der Waals surface area contributed by atoms with Gasteiger partial charge < -0.3 is 19.9 Å². The zero-order valence-electron chi connectivity index (χ0n) is 13.3. The van der Waals surface area contributed by atoms with E-state index in [0.29, 0.717) is 32.0 Å². The van der Waals surface area contributed by atoms with E-state index in [-0.39, 0.29) is 11.8 Å². The van der Waals surface area contributed by atoms with Crippen LogP contribution in [0.3, 0.4) is 0 Å². The quantitative estimate of drug-likeness (QED) is 0.544. The second-order valence-corrected chi connectivity index (χ2v) is 7.15. The standard InChI is InChI=1S/C13H21N5O3S2/c1-10(19)17-4-6-18(7-5-17)12-15-16-13(23-12)22-9-11(20)14-3-8-21-2/h3-9H2,1-2H3,(H,14,20). The number of hydrogen-bond acceptors (Lipinski definition) is 8. The number of carbonyl (C=O) groups excluding carboxylic acids is 2. The molecule has 2 heterocycles. The molecular weight excluding hydrogens is 338 g/mol. The number of rotatable bonds is 7. The summed E-state index contributed by atoms with van der Waals surface area (Å²) in [7, 11) is 1.60. The minimum Gasteiger partial charge on any atom is -0.383 e. The molecule has 1 saturated heterocycles. The number of anilines is 1. The zero-order valence-corrected chi connectivity index (χ0v) is 14.9. The summed E-state index contributed by atoms with van der Waals surface area (Å²) in [6.07, 6.45) is 0. The zero-order chi connectivity index (χ0) is 16.7. The number of amides is 2. The monoisotopic (exact) mass is 359 g/mol. The predicted molar refractivity (Wildman–Crippen MR) is 90.0 cm³/mol. The maximum absolute atomic E-state index is 11.6. The van der Waals surface area contributed by atoms with E-state index in [2.05, 4.69) is 20.4 Å². The lowest BCUT2D eigenvalue weighted by Gasteiger charge is -2.33. The van der Waals surface area contributed by atoms with E-state index in [1.807, 2.05) is 4.90 Å². The number of nitrogens with zero attached hydrogens (tertiary/aromatic N) is 4. The molecule has 0 atom stereocenters. The van der Waals surface area contributed by atoms with Crippen molar-refractivity contribution in [1.82, 2.24) is 20.4 Å². The van der Waals surface area contributed by atoms with Gasteiger partial charge in [0.2, 0.25) is 16.9 Å². The SMILES string of the molecule is COCCNC(=O)CSc1nnc(N2CCN(C(C)=O)CC2)s1. The second-order valence-electron chi connectivity index (χ2n) is 4.98. The Morgan fingerprint density at radius 3 is 2.70 bits per heavy atom. The molecule has 128 valence electrons. The van der Waals surface area contributed by atoms with Gasteiger partial charge in [-0.2, -0.15) is 0 Å². The lowest BCUT2D eigenvalue weighted by Crippen LogP contribution is -2.48. The molecule has 0 aliphatic carbocycles. The van der Waals surface area contributed by atoms with Gasteiger partial charge in [0.05, 0.1) is 12.4 Å². The van der Waals surface area contributed by atoms with Crippen LogP contribution >= 0.6 is 23.1 Å². The lowest BCUT2D eigenvalue weighted by molar-refractivity contribution is -0.129. The molecule has 10 heteroatoms. The van der Waals surface area contributed by atoms with Gasteiger partial charge in [-0.05, 0) is 0 Å². The van der Waals surface area contributed by atoms with E-state index >= 15 is 0 Å². The molecular formula is C13H21N5O3S2. The molecule has 8 nitrogen and oxygen atoms in total. The Morgan fingerprint density at radius 1 is 1.30 bits per heavy atom. The van der Waals surface area contributed by atoms with E-state index in [9.17, 15) is 9.59 Å². The van der Waals surface area contributed by atoms with Crippen molar-refractivity contribution in [3.05, 3.63) is 0 Å². The van der Waals surface area contributed by atoms with Crippen LogP contribution in [0.4, 0.5) is 5.13 Å². The molecule has 0 bridgehead atoms. The van der Waals surface area contributed by atoms with Crippen molar-refractivity contribution in [2.75, 3.05) is 57.1 Å². The number of thioether (sulfide) groups is 1. The number of ether oxygens (including phenoxy) is 1. The Balaban J connectivity index is 1.75. The Bertz CT molecular complexity index is 531. The molecule has 1 aliphatic rings. The van der Waals surface area contributed by atoms with Gasteiger partial charge in [0.25, 0.3) is 0 Å². The molecule has 1 aromatic heterocycles. The van der Waals surface area contributed by atoms with E-state index in [1.165, 1.54) is 23.1 Å². The van der Waals surface area contributed by atoms with Crippen molar-refractivity contribution in [3.8, 4) is 0 Å². The van der Waals surface area contributed by atoms with Crippen molar-refractivity contribution in [1.29, 1.82) is 0 Å². The Hall–Kier alpha value is -1.39. The molecule has 0 aromatic carbocycles. The molecule has 2 amide bonds. The number of nitrogens with one attached hydrogen (secondary N) is 1. The fraction of sp³-hybridized carbons (Fsp3) is 0.692. The fourth-order valence-electron chi connectivity index (χ4n) is 2.07. The first kappa shape index (κ1) is 18.0. The summed E-state index contributed by atoms with van der Waals surface area (Å²) >= 11 is 2.86. The highest BCUT2D eigenvalue weighted by molar-refractivity contribution is 8.01. The van der Waals surface area contributed by atoms with Gasteiger partial charge in [-0.1, -0.05) is 23.1 Å². The molecule has 1 fully saturated rings. The number of aromatic nitrogens is 2. The van der Waals surface area contributed by atoms with Crippen molar-refractivity contribution in [3.63, 3.8) is 0 Å². The van der Waals surface area contributed by atoms with Crippen molar-refractivity contribution in [2.24, 2.45) is 0 Å². The van der Waals surface area contributed by atoms with Crippen molar-refractivity contribution in [2.45, 2.75) is 11.3 Å². The number of methoxy groups -OCH3 is 1.